The number of amides is 1. The molecule has 1 unspecified atom stereocenters. The first-order chi connectivity index (χ1) is 8.54. The molecular formula is C14H22N2O2. The summed E-state index contributed by atoms with van der Waals surface area (Å²) in [6.45, 7) is 2.46. The first kappa shape index (κ1) is 14.5. The maximum atomic E-state index is 11.9. The first-order valence-corrected chi connectivity index (χ1v) is 6.31. The zero-order valence-electron chi connectivity index (χ0n) is 11.1. The van der Waals surface area contributed by atoms with E-state index in [0.717, 1.165) is 18.4 Å². The molecule has 1 atom stereocenters. The minimum atomic E-state index is -0.0747. The third kappa shape index (κ3) is 4.37. The van der Waals surface area contributed by atoms with E-state index in [4.69, 9.17) is 5.73 Å². The summed E-state index contributed by atoms with van der Waals surface area (Å²) in [4.78, 5) is 13.5. The van der Waals surface area contributed by atoms with Gasteiger partial charge in [0.05, 0.1) is 0 Å². The highest BCUT2D eigenvalue weighted by atomic mass is 16.3. The Hall–Kier alpha value is -1.55. The molecule has 1 rings (SSSR count). The number of carbonyl (C=O) groups is 1. The van der Waals surface area contributed by atoms with Gasteiger partial charge in [-0.25, -0.2) is 0 Å². The Kier molecular flexibility index (Phi) is 5.65. The summed E-state index contributed by atoms with van der Waals surface area (Å²) in [6, 6.07) is 6.96. The fourth-order valence-electron chi connectivity index (χ4n) is 1.84. The van der Waals surface area contributed by atoms with Gasteiger partial charge in [-0.3, -0.25) is 4.79 Å². The number of para-hydroxylation sites is 1. The largest absolute Gasteiger partial charge is 0.508 e. The Bertz CT molecular complexity index is 393. The van der Waals surface area contributed by atoms with E-state index in [1.165, 1.54) is 0 Å². The molecule has 0 aliphatic heterocycles. The lowest BCUT2D eigenvalue weighted by molar-refractivity contribution is -0.130. The zero-order valence-corrected chi connectivity index (χ0v) is 11.1. The van der Waals surface area contributed by atoms with E-state index in [1.54, 1.807) is 24.1 Å². The van der Waals surface area contributed by atoms with Crippen LogP contribution in [0.4, 0.5) is 0 Å². The number of nitrogens with zero attached hydrogens (tertiary/aromatic N) is 1. The van der Waals surface area contributed by atoms with E-state index in [0.29, 0.717) is 13.0 Å². The molecule has 0 saturated heterocycles. The third-order valence-electron chi connectivity index (χ3n) is 2.92. The second kappa shape index (κ2) is 7.01. The van der Waals surface area contributed by atoms with Crippen molar-refractivity contribution >= 4 is 5.91 Å². The van der Waals surface area contributed by atoms with E-state index in [2.05, 4.69) is 6.92 Å². The number of phenolic OH excluding ortho intramolecular Hbond substituents is 1. The number of carbonyl (C=O) groups excluding carboxylic acids is 1. The van der Waals surface area contributed by atoms with Gasteiger partial charge in [0, 0.05) is 31.6 Å². The zero-order chi connectivity index (χ0) is 13.5. The van der Waals surface area contributed by atoms with Crippen LogP contribution in [0.25, 0.3) is 0 Å². The molecular weight excluding hydrogens is 228 g/mol. The van der Waals surface area contributed by atoms with Crippen molar-refractivity contribution in [2.24, 2.45) is 5.73 Å². The minimum Gasteiger partial charge on any atom is -0.508 e. The molecule has 18 heavy (non-hydrogen) atoms. The van der Waals surface area contributed by atoms with Crippen LogP contribution in [-0.4, -0.2) is 29.0 Å². The standard InChI is InChI=1S/C14H22N2O2/c1-3-6-12(15)9-14(18)16(2)10-11-7-4-5-8-13(11)17/h4-5,7-8,12,17H,3,6,9-10,15H2,1-2H3. The summed E-state index contributed by atoms with van der Waals surface area (Å²) in [5, 5.41) is 9.64. The maximum absolute atomic E-state index is 11.9. The molecule has 0 spiro atoms. The smallest absolute Gasteiger partial charge is 0.224 e. The van der Waals surface area contributed by atoms with Crippen molar-refractivity contribution in [3.05, 3.63) is 29.8 Å². The van der Waals surface area contributed by atoms with E-state index < -0.39 is 0 Å². The topological polar surface area (TPSA) is 66.6 Å². The van der Waals surface area contributed by atoms with Gasteiger partial charge in [-0.2, -0.15) is 0 Å². The van der Waals surface area contributed by atoms with Gasteiger partial charge >= 0.3 is 0 Å². The average molecular weight is 250 g/mol. The number of rotatable bonds is 6. The second-order valence-corrected chi connectivity index (χ2v) is 4.63. The number of hydrogen-bond donors (Lipinski definition) is 2. The highest BCUT2D eigenvalue weighted by molar-refractivity contribution is 5.76. The lowest BCUT2D eigenvalue weighted by atomic mass is 10.1. The molecule has 100 valence electrons. The lowest BCUT2D eigenvalue weighted by Crippen LogP contribution is -2.32. The van der Waals surface area contributed by atoms with Crippen molar-refractivity contribution in [1.29, 1.82) is 0 Å². The quantitative estimate of drug-likeness (QED) is 0.810. The van der Waals surface area contributed by atoms with Crippen LogP contribution in [0.5, 0.6) is 5.75 Å². The van der Waals surface area contributed by atoms with E-state index in [9.17, 15) is 9.90 Å². The summed E-state index contributed by atoms with van der Waals surface area (Å²) in [6.07, 6.45) is 2.20. The van der Waals surface area contributed by atoms with E-state index in [1.807, 2.05) is 12.1 Å². The molecule has 0 fully saturated rings. The summed E-state index contributed by atoms with van der Waals surface area (Å²) < 4.78 is 0. The van der Waals surface area contributed by atoms with Crippen LogP contribution < -0.4 is 5.73 Å². The van der Waals surface area contributed by atoms with Crippen molar-refractivity contribution < 1.29 is 9.90 Å². The molecule has 0 bridgehead atoms. The fraction of sp³-hybridized carbons (Fsp3) is 0.500. The monoisotopic (exact) mass is 250 g/mol. The van der Waals surface area contributed by atoms with Crippen molar-refractivity contribution in [1.82, 2.24) is 4.90 Å². The van der Waals surface area contributed by atoms with Crippen LogP contribution in [0.1, 0.15) is 31.7 Å². The Balaban J connectivity index is 2.52. The van der Waals surface area contributed by atoms with Crippen LogP contribution in [0.2, 0.25) is 0 Å². The SMILES string of the molecule is CCCC(N)CC(=O)N(C)Cc1ccccc1O. The molecule has 0 aliphatic carbocycles. The molecule has 0 aromatic heterocycles. The first-order valence-electron chi connectivity index (χ1n) is 6.31. The van der Waals surface area contributed by atoms with Gasteiger partial charge in [0.1, 0.15) is 5.75 Å². The average Bonchev–Trinajstić information content (AvgIpc) is 2.32. The van der Waals surface area contributed by atoms with Gasteiger partial charge in [0.25, 0.3) is 0 Å². The van der Waals surface area contributed by atoms with Gasteiger partial charge in [0.2, 0.25) is 5.91 Å². The number of aromatic hydroxyl groups is 1. The van der Waals surface area contributed by atoms with Crippen molar-refractivity contribution in [3.63, 3.8) is 0 Å². The molecule has 0 saturated carbocycles. The molecule has 0 aliphatic rings. The predicted octanol–water partition coefficient (Wildman–Crippen LogP) is 1.87. The second-order valence-electron chi connectivity index (χ2n) is 4.63. The van der Waals surface area contributed by atoms with Crippen LogP contribution >= 0.6 is 0 Å². The Labute approximate surface area is 108 Å². The molecule has 1 aromatic rings. The van der Waals surface area contributed by atoms with Crippen LogP contribution in [-0.2, 0) is 11.3 Å². The Morgan fingerprint density at radius 2 is 2.11 bits per heavy atom. The summed E-state index contributed by atoms with van der Waals surface area (Å²) in [7, 11) is 1.73. The van der Waals surface area contributed by atoms with Crippen molar-refractivity contribution in [3.8, 4) is 5.75 Å². The molecule has 4 heteroatoms. The van der Waals surface area contributed by atoms with Crippen LogP contribution in [0.15, 0.2) is 24.3 Å². The predicted molar refractivity (Wildman–Crippen MR) is 72.1 cm³/mol. The van der Waals surface area contributed by atoms with Gasteiger partial charge in [-0.05, 0) is 12.5 Å². The molecule has 1 amide bonds. The summed E-state index contributed by atoms with van der Waals surface area (Å²) in [5.74, 6) is 0.231. The van der Waals surface area contributed by atoms with Crippen LogP contribution in [0, 0.1) is 0 Å². The molecule has 0 heterocycles. The molecule has 0 radical (unpaired) electrons. The molecule has 3 N–H and O–H groups in total. The van der Waals surface area contributed by atoms with Gasteiger partial charge in [-0.1, -0.05) is 31.5 Å². The third-order valence-corrected chi connectivity index (χ3v) is 2.92. The number of hydrogen-bond acceptors (Lipinski definition) is 3. The maximum Gasteiger partial charge on any atom is 0.224 e. The minimum absolute atomic E-state index is 0.0132. The van der Waals surface area contributed by atoms with Crippen LogP contribution in [0.3, 0.4) is 0 Å². The number of phenols is 1. The fourth-order valence-corrected chi connectivity index (χ4v) is 1.84. The molecule has 4 nitrogen and oxygen atoms in total. The Morgan fingerprint density at radius 3 is 2.72 bits per heavy atom. The van der Waals surface area contributed by atoms with Gasteiger partial charge < -0.3 is 15.7 Å². The molecule has 1 aromatic carbocycles. The summed E-state index contributed by atoms with van der Waals surface area (Å²) in [5.41, 5.74) is 6.60. The van der Waals surface area contributed by atoms with E-state index in [-0.39, 0.29) is 17.7 Å². The number of benzene rings is 1. The number of nitrogens with two attached hydrogens (primary N) is 1. The highest BCUT2D eigenvalue weighted by Crippen LogP contribution is 2.17. The van der Waals surface area contributed by atoms with E-state index >= 15 is 0 Å². The Morgan fingerprint density at radius 1 is 1.44 bits per heavy atom. The lowest BCUT2D eigenvalue weighted by Gasteiger charge is -2.20. The summed E-state index contributed by atoms with van der Waals surface area (Å²) >= 11 is 0. The highest BCUT2D eigenvalue weighted by Gasteiger charge is 2.14. The van der Waals surface area contributed by atoms with Crippen molar-refractivity contribution in [2.45, 2.75) is 38.8 Å². The van der Waals surface area contributed by atoms with Gasteiger partial charge in [0.15, 0.2) is 0 Å². The van der Waals surface area contributed by atoms with Gasteiger partial charge in [-0.15, -0.1) is 0 Å². The normalized spacial score (nSPS) is 12.2. The van der Waals surface area contributed by atoms with Crippen molar-refractivity contribution in [2.75, 3.05) is 7.05 Å².